The molecule has 1 saturated carbocycles. The molecular weight excluding hydrogens is 358 g/mol. The molecule has 0 aliphatic heterocycles. The largest absolute Gasteiger partial charge is 0.355 e. The SMILES string of the molecule is Cn1nccc1CCC(=O)NC1CCC(C(=O)NCCc2ncnn2C)CC1. The first-order chi connectivity index (χ1) is 13.5. The molecular formula is C19H29N7O2. The zero-order valence-corrected chi connectivity index (χ0v) is 16.6. The van der Waals surface area contributed by atoms with Crippen LogP contribution in [0.15, 0.2) is 18.6 Å². The Hall–Kier alpha value is -2.71. The molecule has 0 unspecified atom stereocenters. The van der Waals surface area contributed by atoms with Crippen LogP contribution in [0.5, 0.6) is 0 Å². The van der Waals surface area contributed by atoms with Gasteiger partial charge >= 0.3 is 0 Å². The van der Waals surface area contributed by atoms with E-state index in [4.69, 9.17) is 0 Å². The Balaban J connectivity index is 1.32. The number of nitrogens with zero attached hydrogens (tertiary/aromatic N) is 5. The Morgan fingerprint density at radius 3 is 2.54 bits per heavy atom. The van der Waals surface area contributed by atoms with Gasteiger partial charge in [-0.2, -0.15) is 10.2 Å². The molecule has 2 heterocycles. The summed E-state index contributed by atoms with van der Waals surface area (Å²) in [5.74, 6) is 1.06. The van der Waals surface area contributed by atoms with Gasteiger partial charge in [-0.05, 0) is 38.2 Å². The maximum Gasteiger partial charge on any atom is 0.223 e. The van der Waals surface area contributed by atoms with E-state index in [0.717, 1.165) is 37.2 Å². The first kappa shape index (κ1) is 20.0. The number of rotatable bonds is 8. The van der Waals surface area contributed by atoms with Crippen molar-refractivity contribution in [1.29, 1.82) is 0 Å². The van der Waals surface area contributed by atoms with Crippen molar-refractivity contribution in [2.45, 2.75) is 51.0 Å². The molecule has 0 atom stereocenters. The van der Waals surface area contributed by atoms with E-state index in [1.807, 2.05) is 20.2 Å². The third-order valence-corrected chi connectivity index (χ3v) is 5.45. The molecule has 0 aromatic carbocycles. The Morgan fingerprint density at radius 1 is 1.11 bits per heavy atom. The molecule has 1 aliphatic rings. The quantitative estimate of drug-likeness (QED) is 0.687. The van der Waals surface area contributed by atoms with Crippen LogP contribution in [0.2, 0.25) is 0 Å². The van der Waals surface area contributed by atoms with Gasteiger partial charge in [0.1, 0.15) is 12.2 Å². The second-order valence-corrected chi connectivity index (χ2v) is 7.40. The number of hydrogen-bond acceptors (Lipinski definition) is 5. The van der Waals surface area contributed by atoms with Crippen LogP contribution < -0.4 is 10.6 Å². The predicted molar refractivity (Wildman–Crippen MR) is 103 cm³/mol. The Bertz CT molecular complexity index is 790. The van der Waals surface area contributed by atoms with Crippen LogP contribution in [-0.2, 0) is 36.5 Å². The topological polar surface area (TPSA) is 107 Å². The second-order valence-electron chi connectivity index (χ2n) is 7.40. The Labute approximate surface area is 164 Å². The summed E-state index contributed by atoms with van der Waals surface area (Å²) in [5, 5.41) is 14.2. The van der Waals surface area contributed by atoms with E-state index in [1.54, 1.807) is 15.6 Å². The van der Waals surface area contributed by atoms with Crippen LogP contribution in [0, 0.1) is 5.92 Å². The normalized spacial score (nSPS) is 19.4. The number of carbonyl (C=O) groups is 2. The van der Waals surface area contributed by atoms with Crippen molar-refractivity contribution in [1.82, 2.24) is 35.2 Å². The average molecular weight is 387 g/mol. The van der Waals surface area contributed by atoms with Crippen LogP contribution in [0.4, 0.5) is 0 Å². The predicted octanol–water partition coefficient (Wildman–Crippen LogP) is 0.515. The highest BCUT2D eigenvalue weighted by Gasteiger charge is 2.26. The van der Waals surface area contributed by atoms with Crippen LogP contribution >= 0.6 is 0 Å². The van der Waals surface area contributed by atoms with Gasteiger partial charge in [0.2, 0.25) is 11.8 Å². The van der Waals surface area contributed by atoms with Gasteiger partial charge in [0.15, 0.2) is 0 Å². The molecule has 0 saturated heterocycles. The number of nitrogens with one attached hydrogen (secondary N) is 2. The first-order valence-electron chi connectivity index (χ1n) is 9.89. The van der Waals surface area contributed by atoms with Gasteiger partial charge in [0, 0.05) is 57.3 Å². The Kier molecular flexibility index (Phi) is 6.78. The smallest absolute Gasteiger partial charge is 0.223 e. The van der Waals surface area contributed by atoms with Gasteiger partial charge < -0.3 is 10.6 Å². The molecule has 3 rings (SSSR count). The highest BCUT2D eigenvalue weighted by Crippen LogP contribution is 2.24. The van der Waals surface area contributed by atoms with Crippen LogP contribution in [0.3, 0.4) is 0 Å². The van der Waals surface area contributed by atoms with Crippen molar-refractivity contribution in [3.8, 4) is 0 Å². The van der Waals surface area contributed by atoms with E-state index in [9.17, 15) is 9.59 Å². The monoisotopic (exact) mass is 387 g/mol. The summed E-state index contributed by atoms with van der Waals surface area (Å²) < 4.78 is 3.51. The number of aromatic nitrogens is 5. The summed E-state index contributed by atoms with van der Waals surface area (Å²) in [6.45, 7) is 0.566. The number of hydrogen-bond donors (Lipinski definition) is 2. The minimum absolute atomic E-state index is 0.0297. The third-order valence-electron chi connectivity index (χ3n) is 5.45. The van der Waals surface area contributed by atoms with E-state index >= 15 is 0 Å². The first-order valence-corrected chi connectivity index (χ1v) is 9.89. The molecule has 2 amide bonds. The van der Waals surface area contributed by atoms with Crippen molar-refractivity contribution >= 4 is 11.8 Å². The maximum atomic E-state index is 12.4. The third kappa shape index (κ3) is 5.40. The molecule has 0 bridgehead atoms. The van der Waals surface area contributed by atoms with Crippen molar-refractivity contribution in [2.24, 2.45) is 20.0 Å². The highest BCUT2D eigenvalue weighted by molar-refractivity contribution is 5.79. The molecule has 1 fully saturated rings. The molecule has 0 spiro atoms. The van der Waals surface area contributed by atoms with E-state index in [-0.39, 0.29) is 23.8 Å². The minimum Gasteiger partial charge on any atom is -0.355 e. The van der Waals surface area contributed by atoms with Crippen LogP contribution in [0.1, 0.15) is 43.6 Å². The molecule has 2 N–H and O–H groups in total. The van der Waals surface area contributed by atoms with Gasteiger partial charge in [0.05, 0.1) is 0 Å². The standard InChI is InChI=1S/C19H29N7O2/c1-25-16(9-12-22-25)7-8-18(27)24-15-5-3-14(4-6-15)19(28)20-11-10-17-21-13-23-26(17)2/h9,12-15H,3-8,10-11H2,1-2H3,(H,20,28)(H,24,27). The lowest BCUT2D eigenvalue weighted by molar-refractivity contribution is -0.126. The maximum absolute atomic E-state index is 12.4. The van der Waals surface area contributed by atoms with Gasteiger partial charge in [-0.1, -0.05) is 0 Å². The van der Waals surface area contributed by atoms with E-state index in [0.29, 0.717) is 25.8 Å². The fourth-order valence-corrected chi connectivity index (χ4v) is 3.68. The van der Waals surface area contributed by atoms with E-state index in [1.165, 1.54) is 6.33 Å². The summed E-state index contributed by atoms with van der Waals surface area (Å²) in [6, 6.07) is 2.10. The van der Waals surface area contributed by atoms with E-state index in [2.05, 4.69) is 25.8 Å². The summed E-state index contributed by atoms with van der Waals surface area (Å²) in [7, 11) is 3.73. The van der Waals surface area contributed by atoms with Gasteiger partial charge in [-0.3, -0.25) is 19.0 Å². The Morgan fingerprint density at radius 2 is 1.89 bits per heavy atom. The van der Waals surface area contributed by atoms with Crippen molar-refractivity contribution in [2.75, 3.05) is 6.54 Å². The van der Waals surface area contributed by atoms with Crippen molar-refractivity contribution < 1.29 is 9.59 Å². The summed E-state index contributed by atoms with van der Waals surface area (Å²) in [6.07, 6.45) is 8.39. The fraction of sp³-hybridized carbons (Fsp3) is 0.632. The second kappa shape index (κ2) is 9.48. The fourth-order valence-electron chi connectivity index (χ4n) is 3.68. The lowest BCUT2D eigenvalue weighted by Crippen LogP contribution is -2.41. The van der Waals surface area contributed by atoms with Crippen molar-refractivity contribution in [3.63, 3.8) is 0 Å². The van der Waals surface area contributed by atoms with Gasteiger partial charge in [0.25, 0.3) is 0 Å². The summed E-state index contributed by atoms with van der Waals surface area (Å²) in [4.78, 5) is 28.7. The average Bonchev–Trinajstić information content (AvgIpc) is 3.28. The molecule has 1 aliphatic carbocycles. The number of amides is 2. The molecule has 2 aromatic rings. The molecule has 9 nitrogen and oxygen atoms in total. The minimum atomic E-state index is 0.0297. The van der Waals surface area contributed by atoms with Gasteiger partial charge in [-0.15, -0.1) is 0 Å². The number of carbonyl (C=O) groups excluding carboxylic acids is 2. The lowest BCUT2D eigenvalue weighted by Gasteiger charge is -2.28. The zero-order valence-electron chi connectivity index (χ0n) is 16.6. The highest BCUT2D eigenvalue weighted by atomic mass is 16.2. The van der Waals surface area contributed by atoms with Gasteiger partial charge in [-0.25, -0.2) is 4.98 Å². The molecule has 0 radical (unpaired) electrons. The van der Waals surface area contributed by atoms with Crippen LogP contribution in [0.25, 0.3) is 0 Å². The van der Waals surface area contributed by atoms with Crippen molar-refractivity contribution in [3.05, 3.63) is 30.1 Å². The number of aryl methyl sites for hydroxylation is 3. The van der Waals surface area contributed by atoms with Crippen LogP contribution in [-0.4, -0.2) is 48.9 Å². The summed E-state index contributed by atoms with van der Waals surface area (Å²) >= 11 is 0. The van der Waals surface area contributed by atoms with E-state index < -0.39 is 0 Å². The molecule has 9 heteroatoms. The lowest BCUT2D eigenvalue weighted by atomic mass is 9.85. The zero-order chi connectivity index (χ0) is 19.9. The summed E-state index contributed by atoms with van der Waals surface area (Å²) in [5.41, 5.74) is 1.05. The molecule has 28 heavy (non-hydrogen) atoms. The molecule has 2 aromatic heterocycles. The molecule has 152 valence electrons.